The summed E-state index contributed by atoms with van der Waals surface area (Å²) in [4.78, 5) is 22.6. The molecular weight excluding hydrogens is 334 g/mol. The Hall–Kier alpha value is -1.87. The second-order valence-corrected chi connectivity index (χ2v) is 5.43. The van der Waals surface area contributed by atoms with E-state index in [2.05, 4.69) is 26.6 Å². The lowest BCUT2D eigenvalue weighted by atomic mass is 10.1. The van der Waals surface area contributed by atoms with Crippen LogP contribution in [0.1, 0.15) is 24.8 Å². The number of carbonyl (C=O) groups excluding carboxylic acids is 2. The van der Waals surface area contributed by atoms with Gasteiger partial charge in [0.2, 0.25) is 11.8 Å². The Bertz CT molecular complexity index is 526. The van der Waals surface area contributed by atoms with E-state index in [0.29, 0.717) is 32.4 Å². The smallest absolute Gasteiger partial charge is 0.234 e. The van der Waals surface area contributed by atoms with Gasteiger partial charge >= 0.3 is 0 Å². The number of hydrogen-bond donors (Lipinski definition) is 2. The molecule has 0 atom stereocenters. The number of carbonyl (C=O) groups is 2. The van der Waals surface area contributed by atoms with Crippen molar-refractivity contribution in [3.63, 3.8) is 0 Å². The fourth-order valence-electron chi connectivity index (χ4n) is 1.72. The lowest BCUT2D eigenvalue weighted by Crippen LogP contribution is -2.29. The van der Waals surface area contributed by atoms with E-state index in [0.717, 1.165) is 10.0 Å². The first kappa shape index (κ1) is 17.2. The number of hydrogen-bond acceptors (Lipinski definition) is 3. The van der Waals surface area contributed by atoms with Crippen molar-refractivity contribution in [2.24, 2.45) is 0 Å². The Labute approximate surface area is 132 Å². The summed E-state index contributed by atoms with van der Waals surface area (Å²) in [5.74, 6) is -0.281. The lowest BCUT2D eigenvalue weighted by molar-refractivity contribution is -0.121. The largest absolute Gasteiger partial charge is 0.356 e. The summed E-state index contributed by atoms with van der Waals surface area (Å²) in [5.41, 5.74) is 1.11. The van der Waals surface area contributed by atoms with E-state index in [4.69, 9.17) is 5.26 Å². The van der Waals surface area contributed by atoms with Crippen molar-refractivity contribution >= 4 is 27.7 Å². The summed E-state index contributed by atoms with van der Waals surface area (Å²) in [6.45, 7) is 0.983. The van der Waals surface area contributed by atoms with Crippen LogP contribution < -0.4 is 10.6 Å². The molecule has 0 unspecified atom stereocenters. The average Bonchev–Trinajstić information content (AvgIpc) is 2.45. The van der Waals surface area contributed by atoms with E-state index >= 15 is 0 Å². The maximum Gasteiger partial charge on any atom is 0.234 e. The van der Waals surface area contributed by atoms with E-state index < -0.39 is 0 Å². The van der Waals surface area contributed by atoms with E-state index in [1.165, 1.54) is 0 Å². The van der Waals surface area contributed by atoms with Gasteiger partial charge in [0.1, 0.15) is 6.42 Å². The van der Waals surface area contributed by atoms with Gasteiger partial charge in [0, 0.05) is 24.0 Å². The van der Waals surface area contributed by atoms with Crippen molar-refractivity contribution in [1.29, 1.82) is 5.26 Å². The highest BCUT2D eigenvalue weighted by atomic mass is 79.9. The number of nitriles is 1. The first-order valence-corrected chi connectivity index (χ1v) is 7.56. The molecule has 0 heterocycles. The summed E-state index contributed by atoms with van der Waals surface area (Å²) in [6, 6.07) is 9.66. The second kappa shape index (κ2) is 9.94. The molecule has 0 saturated heterocycles. The van der Waals surface area contributed by atoms with Crippen molar-refractivity contribution in [2.45, 2.75) is 25.7 Å². The molecule has 0 aliphatic heterocycles. The Balaban J connectivity index is 2.09. The zero-order valence-corrected chi connectivity index (χ0v) is 13.3. The highest BCUT2D eigenvalue weighted by molar-refractivity contribution is 9.10. The van der Waals surface area contributed by atoms with Crippen LogP contribution in [0.3, 0.4) is 0 Å². The van der Waals surface area contributed by atoms with Crippen LogP contribution in [0.4, 0.5) is 0 Å². The summed E-state index contributed by atoms with van der Waals surface area (Å²) in [6.07, 6.45) is 1.67. The predicted molar refractivity (Wildman–Crippen MR) is 83.3 cm³/mol. The van der Waals surface area contributed by atoms with E-state index in [1.54, 1.807) is 6.07 Å². The van der Waals surface area contributed by atoms with Crippen molar-refractivity contribution < 1.29 is 9.59 Å². The molecule has 1 aromatic carbocycles. The Morgan fingerprint density at radius 2 is 1.90 bits per heavy atom. The molecule has 112 valence electrons. The van der Waals surface area contributed by atoms with Crippen LogP contribution in [-0.2, 0) is 16.0 Å². The molecule has 21 heavy (non-hydrogen) atoms. The first-order valence-electron chi connectivity index (χ1n) is 6.76. The van der Waals surface area contributed by atoms with Crippen LogP contribution in [0.2, 0.25) is 0 Å². The van der Waals surface area contributed by atoms with Gasteiger partial charge in [0.15, 0.2) is 0 Å². The molecule has 1 rings (SSSR count). The van der Waals surface area contributed by atoms with Gasteiger partial charge in [-0.05, 0) is 30.5 Å². The molecule has 5 nitrogen and oxygen atoms in total. The summed E-state index contributed by atoms with van der Waals surface area (Å²) >= 11 is 3.40. The standard InChI is InChI=1S/C15H18BrN3O2/c16-13-4-1-3-12(11-13)5-6-14(20)18-9-2-10-19-15(21)7-8-17/h1,3-4,11H,2,5-7,9-10H2,(H,18,20)(H,19,21). The molecule has 0 saturated carbocycles. The quantitative estimate of drug-likeness (QED) is 0.702. The fourth-order valence-corrected chi connectivity index (χ4v) is 2.16. The summed E-state index contributed by atoms with van der Waals surface area (Å²) in [5, 5.41) is 13.7. The zero-order valence-electron chi connectivity index (χ0n) is 11.7. The Morgan fingerprint density at radius 1 is 1.19 bits per heavy atom. The number of aryl methyl sites for hydroxylation is 1. The number of benzene rings is 1. The van der Waals surface area contributed by atoms with Gasteiger partial charge < -0.3 is 10.6 Å². The van der Waals surface area contributed by atoms with E-state index in [-0.39, 0.29) is 18.2 Å². The first-order chi connectivity index (χ1) is 10.1. The lowest BCUT2D eigenvalue weighted by Gasteiger charge is -2.06. The molecule has 2 N–H and O–H groups in total. The molecule has 0 aliphatic rings. The molecule has 0 bridgehead atoms. The van der Waals surface area contributed by atoms with Gasteiger partial charge in [-0.25, -0.2) is 0 Å². The van der Waals surface area contributed by atoms with Gasteiger partial charge in [0.05, 0.1) is 6.07 Å². The van der Waals surface area contributed by atoms with Crippen LogP contribution in [0, 0.1) is 11.3 Å². The minimum atomic E-state index is -0.279. The number of amides is 2. The van der Waals surface area contributed by atoms with Crippen LogP contribution in [0.15, 0.2) is 28.7 Å². The number of nitrogens with one attached hydrogen (secondary N) is 2. The highest BCUT2D eigenvalue weighted by Crippen LogP contribution is 2.12. The maximum absolute atomic E-state index is 11.6. The topological polar surface area (TPSA) is 82.0 Å². The van der Waals surface area contributed by atoms with Crippen molar-refractivity contribution in [3.8, 4) is 6.07 Å². The number of nitrogens with zero attached hydrogens (tertiary/aromatic N) is 1. The molecule has 0 aromatic heterocycles. The SMILES string of the molecule is N#CCC(=O)NCCCNC(=O)CCc1cccc(Br)c1. The summed E-state index contributed by atoms with van der Waals surface area (Å²) < 4.78 is 1.01. The van der Waals surface area contributed by atoms with Crippen LogP contribution in [-0.4, -0.2) is 24.9 Å². The normalized spacial score (nSPS) is 9.71. The summed E-state index contributed by atoms with van der Waals surface area (Å²) in [7, 11) is 0. The zero-order chi connectivity index (χ0) is 15.5. The Kier molecular flexibility index (Phi) is 8.14. The third-order valence-corrected chi connectivity index (χ3v) is 3.26. The minimum absolute atomic E-state index is 0.00155. The molecule has 0 spiro atoms. The van der Waals surface area contributed by atoms with Crippen LogP contribution >= 0.6 is 15.9 Å². The third-order valence-electron chi connectivity index (χ3n) is 2.77. The fraction of sp³-hybridized carbons (Fsp3) is 0.400. The number of rotatable bonds is 8. The van der Waals surface area contributed by atoms with Gasteiger partial charge in [0.25, 0.3) is 0 Å². The van der Waals surface area contributed by atoms with Gasteiger partial charge in [-0.15, -0.1) is 0 Å². The monoisotopic (exact) mass is 351 g/mol. The predicted octanol–water partition coefficient (Wildman–Crippen LogP) is 1.92. The molecule has 0 fully saturated rings. The molecular formula is C15H18BrN3O2. The van der Waals surface area contributed by atoms with E-state index in [9.17, 15) is 9.59 Å². The van der Waals surface area contributed by atoms with Crippen LogP contribution in [0.5, 0.6) is 0 Å². The van der Waals surface area contributed by atoms with Crippen molar-refractivity contribution in [1.82, 2.24) is 10.6 Å². The second-order valence-electron chi connectivity index (χ2n) is 4.52. The molecule has 2 amide bonds. The Morgan fingerprint density at radius 3 is 2.57 bits per heavy atom. The number of halogens is 1. The maximum atomic E-state index is 11.6. The minimum Gasteiger partial charge on any atom is -0.356 e. The van der Waals surface area contributed by atoms with Crippen molar-refractivity contribution in [2.75, 3.05) is 13.1 Å². The third kappa shape index (κ3) is 8.10. The molecule has 0 radical (unpaired) electrons. The van der Waals surface area contributed by atoms with Crippen LogP contribution in [0.25, 0.3) is 0 Å². The average molecular weight is 352 g/mol. The molecule has 6 heteroatoms. The molecule has 0 aliphatic carbocycles. The van der Waals surface area contributed by atoms with Crippen molar-refractivity contribution in [3.05, 3.63) is 34.3 Å². The highest BCUT2D eigenvalue weighted by Gasteiger charge is 2.03. The molecule has 1 aromatic rings. The van der Waals surface area contributed by atoms with Gasteiger partial charge in [-0.2, -0.15) is 5.26 Å². The van der Waals surface area contributed by atoms with Gasteiger partial charge in [-0.1, -0.05) is 28.1 Å². The van der Waals surface area contributed by atoms with E-state index in [1.807, 2.05) is 24.3 Å². The van der Waals surface area contributed by atoms with Gasteiger partial charge in [-0.3, -0.25) is 9.59 Å².